The summed E-state index contributed by atoms with van der Waals surface area (Å²) in [6, 6.07) is 14.4. The summed E-state index contributed by atoms with van der Waals surface area (Å²) >= 11 is 0. The first-order chi connectivity index (χ1) is 21.0. The highest BCUT2D eigenvalue weighted by molar-refractivity contribution is 5.67. The van der Waals surface area contributed by atoms with E-state index in [2.05, 4.69) is 0 Å². The average molecular weight is 616 g/mol. The Bertz CT molecular complexity index is 1760. The molecule has 0 saturated carbocycles. The summed E-state index contributed by atoms with van der Waals surface area (Å²) in [5.41, 5.74) is 2.26. The highest BCUT2D eigenvalue weighted by Gasteiger charge is 2.35. The Morgan fingerprint density at radius 2 is 1.64 bits per heavy atom. The highest BCUT2D eigenvalue weighted by Crippen LogP contribution is 2.34. The van der Waals surface area contributed by atoms with Crippen molar-refractivity contribution in [2.45, 2.75) is 51.2 Å². The zero-order valence-electron chi connectivity index (χ0n) is 23.7. The monoisotopic (exact) mass is 615 g/mol. The SMILES string of the molecule is Cc1c(-c2cccc(OC3CCOCC3)c2F)c(=O)n(C[C@H](N)c2ccccc2)c(=O)n1Cc1c(F)cccc1C(F)(F)F. The number of alkyl halides is 3. The van der Waals surface area contributed by atoms with E-state index < -0.39 is 52.8 Å². The van der Waals surface area contributed by atoms with Gasteiger partial charge in [0.15, 0.2) is 11.6 Å². The number of nitrogens with zero attached hydrogens (tertiary/aromatic N) is 2. The van der Waals surface area contributed by atoms with Gasteiger partial charge in [0.25, 0.3) is 5.56 Å². The lowest BCUT2D eigenvalue weighted by atomic mass is 10.0. The molecule has 0 aliphatic carbocycles. The highest BCUT2D eigenvalue weighted by atomic mass is 19.4. The van der Waals surface area contributed by atoms with Crippen LogP contribution < -0.4 is 21.7 Å². The van der Waals surface area contributed by atoms with E-state index in [4.69, 9.17) is 15.2 Å². The van der Waals surface area contributed by atoms with Crippen molar-refractivity contribution in [1.82, 2.24) is 9.13 Å². The van der Waals surface area contributed by atoms with Gasteiger partial charge in [-0.25, -0.2) is 13.6 Å². The van der Waals surface area contributed by atoms with E-state index in [1.807, 2.05) is 0 Å². The standard InChI is InChI=1S/C32H30F5N3O4/c1-19-28(22-9-5-12-27(29(22)34)44-21-13-15-43-16-14-21)30(41)40(18-26(38)20-7-3-2-4-8-20)31(42)39(19)17-23-24(32(35,36)37)10-6-11-25(23)33/h2-12,21,26H,13-18,38H2,1H3/t26-/m0/s1. The number of aromatic nitrogens is 2. The summed E-state index contributed by atoms with van der Waals surface area (Å²) < 4.78 is 85.4. The molecular formula is C32H30F5N3O4. The second kappa shape index (κ2) is 12.7. The molecule has 1 saturated heterocycles. The Labute approximate surface area is 249 Å². The fraction of sp³-hybridized carbons (Fsp3) is 0.312. The Kier molecular flexibility index (Phi) is 9.02. The second-order valence-corrected chi connectivity index (χ2v) is 10.6. The minimum absolute atomic E-state index is 0.132. The summed E-state index contributed by atoms with van der Waals surface area (Å²) in [7, 11) is 0. The summed E-state index contributed by atoms with van der Waals surface area (Å²) in [6.45, 7) is 0.939. The zero-order chi connectivity index (χ0) is 31.6. The second-order valence-electron chi connectivity index (χ2n) is 10.6. The van der Waals surface area contributed by atoms with E-state index in [1.165, 1.54) is 25.1 Å². The van der Waals surface area contributed by atoms with Crippen molar-refractivity contribution in [3.05, 3.63) is 122 Å². The molecule has 0 radical (unpaired) electrons. The molecule has 7 nitrogen and oxygen atoms in total. The molecule has 0 amide bonds. The molecule has 3 aromatic carbocycles. The Morgan fingerprint density at radius 3 is 2.32 bits per heavy atom. The number of rotatable bonds is 8. The van der Waals surface area contributed by atoms with Gasteiger partial charge in [0.05, 0.1) is 37.4 Å². The first kappa shape index (κ1) is 31.1. The zero-order valence-corrected chi connectivity index (χ0v) is 23.7. The molecule has 1 aliphatic rings. The maximum atomic E-state index is 16.1. The number of hydrogen-bond donors (Lipinski definition) is 1. The maximum absolute atomic E-state index is 16.1. The van der Waals surface area contributed by atoms with Gasteiger partial charge in [-0.2, -0.15) is 13.2 Å². The molecule has 0 spiro atoms. The van der Waals surface area contributed by atoms with Crippen molar-refractivity contribution in [3.63, 3.8) is 0 Å². The van der Waals surface area contributed by atoms with Gasteiger partial charge in [0.1, 0.15) is 11.9 Å². The van der Waals surface area contributed by atoms with Crippen LogP contribution in [0.3, 0.4) is 0 Å². The molecule has 1 aromatic heterocycles. The van der Waals surface area contributed by atoms with Crippen LogP contribution in [0.1, 0.15) is 41.3 Å². The van der Waals surface area contributed by atoms with E-state index in [1.54, 1.807) is 30.3 Å². The molecule has 0 bridgehead atoms. The van der Waals surface area contributed by atoms with Crippen molar-refractivity contribution in [1.29, 1.82) is 0 Å². The van der Waals surface area contributed by atoms with Gasteiger partial charge >= 0.3 is 11.9 Å². The van der Waals surface area contributed by atoms with Crippen molar-refractivity contribution >= 4 is 0 Å². The molecule has 1 aliphatic heterocycles. The molecule has 0 unspecified atom stereocenters. The molecule has 5 rings (SSSR count). The quantitative estimate of drug-likeness (QED) is 0.261. The first-order valence-corrected chi connectivity index (χ1v) is 14.0. The van der Waals surface area contributed by atoms with Gasteiger partial charge in [-0.1, -0.05) is 48.5 Å². The summed E-state index contributed by atoms with van der Waals surface area (Å²) in [5, 5.41) is 0. The predicted molar refractivity (Wildman–Crippen MR) is 153 cm³/mol. The van der Waals surface area contributed by atoms with Gasteiger partial charge in [0, 0.05) is 35.7 Å². The molecule has 4 aromatic rings. The topological polar surface area (TPSA) is 88.5 Å². The van der Waals surface area contributed by atoms with Crippen LogP contribution in [0.25, 0.3) is 11.1 Å². The third kappa shape index (κ3) is 6.31. The Hall–Kier alpha value is -4.29. The van der Waals surface area contributed by atoms with E-state index in [-0.39, 0.29) is 35.2 Å². The van der Waals surface area contributed by atoms with E-state index >= 15 is 4.39 Å². The number of nitrogens with two attached hydrogens (primary N) is 1. The summed E-state index contributed by atoms with van der Waals surface area (Å²) in [6.07, 6.45) is -4.20. The number of halogens is 5. The molecule has 2 heterocycles. The fourth-order valence-corrected chi connectivity index (χ4v) is 5.37. The van der Waals surface area contributed by atoms with E-state index in [0.29, 0.717) is 37.7 Å². The van der Waals surface area contributed by atoms with Crippen LogP contribution >= 0.6 is 0 Å². The molecule has 1 atom stereocenters. The lowest BCUT2D eigenvalue weighted by Crippen LogP contribution is -2.44. The summed E-state index contributed by atoms with van der Waals surface area (Å²) in [5.74, 6) is -2.21. The summed E-state index contributed by atoms with van der Waals surface area (Å²) in [4.78, 5) is 27.7. The Balaban J connectivity index is 1.69. The number of ether oxygens (including phenoxy) is 2. The van der Waals surface area contributed by atoms with Crippen LogP contribution in [0.4, 0.5) is 22.0 Å². The average Bonchev–Trinajstić information content (AvgIpc) is 3.00. The van der Waals surface area contributed by atoms with Gasteiger partial charge < -0.3 is 15.2 Å². The molecule has 1 fully saturated rings. The van der Waals surface area contributed by atoms with Crippen molar-refractivity contribution < 1.29 is 31.4 Å². The Morgan fingerprint density at radius 1 is 0.955 bits per heavy atom. The fourth-order valence-electron chi connectivity index (χ4n) is 5.37. The van der Waals surface area contributed by atoms with Crippen LogP contribution in [0.15, 0.2) is 76.3 Å². The molecule has 12 heteroatoms. The van der Waals surface area contributed by atoms with Gasteiger partial charge in [-0.3, -0.25) is 13.9 Å². The molecule has 44 heavy (non-hydrogen) atoms. The van der Waals surface area contributed by atoms with Crippen LogP contribution in [-0.2, 0) is 24.0 Å². The molecular weight excluding hydrogens is 585 g/mol. The lowest BCUT2D eigenvalue weighted by Gasteiger charge is -2.24. The maximum Gasteiger partial charge on any atom is 0.416 e. The van der Waals surface area contributed by atoms with Gasteiger partial charge in [0.2, 0.25) is 0 Å². The van der Waals surface area contributed by atoms with Gasteiger partial charge in [-0.15, -0.1) is 0 Å². The number of hydrogen-bond acceptors (Lipinski definition) is 5. The smallest absolute Gasteiger partial charge is 0.416 e. The van der Waals surface area contributed by atoms with Crippen molar-refractivity contribution in [3.8, 4) is 16.9 Å². The van der Waals surface area contributed by atoms with E-state index in [9.17, 15) is 27.2 Å². The van der Waals surface area contributed by atoms with Gasteiger partial charge in [-0.05, 0) is 30.7 Å². The van der Waals surface area contributed by atoms with Crippen LogP contribution in [-0.4, -0.2) is 28.5 Å². The lowest BCUT2D eigenvalue weighted by molar-refractivity contribution is -0.138. The third-order valence-corrected chi connectivity index (χ3v) is 7.73. The van der Waals surface area contributed by atoms with Crippen LogP contribution in [0.2, 0.25) is 0 Å². The third-order valence-electron chi connectivity index (χ3n) is 7.73. The largest absolute Gasteiger partial charge is 0.487 e. The molecule has 232 valence electrons. The van der Waals surface area contributed by atoms with Crippen LogP contribution in [0.5, 0.6) is 5.75 Å². The van der Waals surface area contributed by atoms with E-state index in [0.717, 1.165) is 21.3 Å². The predicted octanol–water partition coefficient (Wildman–Crippen LogP) is 5.59. The number of benzene rings is 3. The first-order valence-electron chi connectivity index (χ1n) is 14.0. The minimum Gasteiger partial charge on any atom is -0.487 e. The molecule has 2 N–H and O–H groups in total. The van der Waals surface area contributed by atoms with Crippen molar-refractivity contribution in [2.24, 2.45) is 5.73 Å². The normalized spacial score (nSPS) is 14.9. The minimum atomic E-state index is -4.93. The van der Waals surface area contributed by atoms with Crippen molar-refractivity contribution in [2.75, 3.05) is 13.2 Å². The van der Waals surface area contributed by atoms with Crippen LogP contribution in [0, 0.1) is 18.6 Å².